The van der Waals surface area contributed by atoms with Crippen LogP contribution in [0.4, 0.5) is 15.8 Å². The Morgan fingerprint density at radius 3 is 2.58 bits per heavy atom. The highest BCUT2D eigenvalue weighted by molar-refractivity contribution is 9.10. The smallest absolute Gasteiger partial charge is 0.125 e. The Hall–Kier alpha value is -1.46. The lowest BCUT2D eigenvalue weighted by Gasteiger charge is -2.23. The van der Waals surface area contributed by atoms with Gasteiger partial charge in [-0.2, -0.15) is 0 Å². The second kappa shape index (κ2) is 5.67. The molecule has 0 amide bonds. The molecule has 0 saturated heterocycles. The van der Waals surface area contributed by atoms with Crippen molar-refractivity contribution in [3.8, 4) is 0 Å². The molecule has 2 aromatic rings. The molecule has 0 aliphatic carbocycles. The zero-order valence-electron chi connectivity index (χ0n) is 10.2. The molecule has 98 valence electrons. The Balaban J connectivity index is 2.53. The summed E-state index contributed by atoms with van der Waals surface area (Å²) in [4.78, 5) is 2.15. The Morgan fingerprint density at radius 2 is 1.95 bits per heavy atom. The Labute approximate surface area is 125 Å². The molecule has 2 rings (SSSR count). The molecule has 19 heavy (non-hydrogen) atoms. The van der Waals surface area contributed by atoms with E-state index in [9.17, 15) is 4.39 Å². The molecular formula is C14H12BrFN2S. The third-order valence-corrected chi connectivity index (χ3v) is 3.66. The molecule has 5 heteroatoms. The monoisotopic (exact) mass is 338 g/mol. The molecule has 0 aromatic heterocycles. The quantitative estimate of drug-likeness (QED) is 0.858. The first-order valence-corrected chi connectivity index (χ1v) is 6.78. The second-order valence-electron chi connectivity index (χ2n) is 4.04. The third-order valence-electron chi connectivity index (χ3n) is 2.79. The lowest BCUT2D eigenvalue weighted by molar-refractivity contribution is 0.628. The highest BCUT2D eigenvalue weighted by Crippen LogP contribution is 2.31. The first kappa shape index (κ1) is 14.0. The van der Waals surface area contributed by atoms with Crippen molar-refractivity contribution in [1.29, 1.82) is 0 Å². The van der Waals surface area contributed by atoms with Crippen molar-refractivity contribution in [2.24, 2.45) is 5.73 Å². The van der Waals surface area contributed by atoms with Gasteiger partial charge in [-0.15, -0.1) is 0 Å². The van der Waals surface area contributed by atoms with Crippen molar-refractivity contribution in [2.75, 3.05) is 11.9 Å². The van der Waals surface area contributed by atoms with Gasteiger partial charge in [0.15, 0.2) is 0 Å². The summed E-state index contributed by atoms with van der Waals surface area (Å²) >= 11 is 8.51. The minimum Gasteiger partial charge on any atom is -0.389 e. The number of nitrogens with two attached hydrogens (primary N) is 1. The van der Waals surface area contributed by atoms with Gasteiger partial charge in [0, 0.05) is 22.8 Å². The van der Waals surface area contributed by atoms with E-state index in [1.165, 1.54) is 12.1 Å². The average Bonchev–Trinajstić information content (AvgIpc) is 2.37. The topological polar surface area (TPSA) is 29.3 Å². The number of halogens is 2. The highest BCUT2D eigenvalue weighted by atomic mass is 79.9. The van der Waals surface area contributed by atoms with Gasteiger partial charge in [0.05, 0.1) is 5.69 Å². The van der Waals surface area contributed by atoms with Gasteiger partial charge in [-0.05, 0) is 46.3 Å². The van der Waals surface area contributed by atoms with Crippen LogP contribution in [-0.4, -0.2) is 12.0 Å². The van der Waals surface area contributed by atoms with Crippen molar-refractivity contribution < 1.29 is 4.39 Å². The number of nitrogens with zero attached hydrogens (tertiary/aromatic N) is 1. The number of thiocarbonyl (C=S) groups is 1. The maximum atomic E-state index is 13.3. The van der Waals surface area contributed by atoms with Crippen LogP contribution in [0.5, 0.6) is 0 Å². The molecule has 2 N–H and O–H groups in total. The molecule has 2 aromatic carbocycles. The van der Waals surface area contributed by atoms with Gasteiger partial charge >= 0.3 is 0 Å². The van der Waals surface area contributed by atoms with Crippen LogP contribution in [0.1, 0.15) is 5.56 Å². The summed E-state index contributed by atoms with van der Waals surface area (Å²) in [6.07, 6.45) is 0. The Bertz CT molecular complexity index is 631. The van der Waals surface area contributed by atoms with Crippen LogP contribution in [-0.2, 0) is 0 Å². The second-order valence-corrected chi connectivity index (χ2v) is 5.33. The van der Waals surface area contributed by atoms with E-state index in [4.69, 9.17) is 18.0 Å². The molecule has 0 aliphatic rings. The van der Waals surface area contributed by atoms with Crippen molar-refractivity contribution in [3.63, 3.8) is 0 Å². The van der Waals surface area contributed by atoms with E-state index in [2.05, 4.69) is 15.9 Å². The van der Waals surface area contributed by atoms with Gasteiger partial charge < -0.3 is 10.6 Å². The summed E-state index contributed by atoms with van der Waals surface area (Å²) in [6.45, 7) is 0. The zero-order valence-corrected chi connectivity index (χ0v) is 12.6. The molecular weight excluding hydrogens is 327 g/mol. The van der Waals surface area contributed by atoms with E-state index < -0.39 is 0 Å². The maximum Gasteiger partial charge on any atom is 0.125 e. The summed E-state index contributed by atoms with van der Waals surface area (Å²) in [5.74, 6) is -0.281. The summed E-state index contributed by atoms with van der Waals surface area (Å²) in [6, 6.07) is 12.0. The van der Waals surface area contributed by atoms with Gasteiger partial charge in [0.1, 0.15) is 10.8 Å². The maximum absolute atomic E-state index is 13.3. The average molecular weight is 339 g/mol. The predicted molar refractivity (Wildman–Crippen MR) is 84.5 cm³/mol. The minimum absolute atomic E-state index is 0.281. The number of benzene rings is 2. The molecule has 0 saturated carbocycles. The molecule has 0 aliphatic heterocycles. The molecule has 0 heterocycles. The number of hydrogen-bond acceptors (Lipinski definition) is 2. The standard InChI is InChI=1S/C14H12BrFN2S/c1-18(10-5-2-4-9(16)8-10)12-7-3-6-11(15)13(12)14(17)19/h2-8H,1H3,(H2,17,19). The lowest BCUT2D eigenvalue weighted by Crippen LogP contribution is -2.18. The molecule has 0 fully saturated rings. The minimum atomic E-state index is -0.281. The van der Waals surface area contributed by atoms with Crippen LogP contribution in [0.3, 0.4) is 0 Å². The van der Waals surface area contributed by atoms with Gasteiger partial charge in [0.2, 0.25) is 0 Å². The summed E-state index contributed by atoms with van der Waals surface area (Å²) in [5.41, 5.74) is 8.06. The van der Waals surface area contributed by atoms with E-state index in [0.717, 1.165) is 21.4 Å². The molecule has 0 bridgehead atoms. The summed E-state index contributed by atoms with van der Waals surface area (Å²) in [7, 11) is 1.85. The van der Waals surface area contributed by atoms with Crippen LogP contribution in [0.25, 0.3) is 0 Å². The molecule has 0 unspecified atom stereocenters. The fourth-order valence-corrected chi connectivity index (χ4v) is 2.78. The molecule has 2 nitrogen and oxygen atoms in total. The molecule has 0 atom stereocenters. The third kappa shape index (κ3) is 2.93. The van der Waals surface area contributed by atoms with Crippen LogP contribution >= 0.6 is 28.1 Å². The first-order chi connectivity index (χ1) is 9.00. The molecule has 0 radical (unpaired) electrons. The van der Waals surface area contributed by atoms with Crippen LogP contribution in [0.15, 0.2) is 46.9 Å². The Morgan fingerprint density at radius 1 is 1.26 bits per heavy atom. The van der Waals surface area contributed by atoms with E-state index in [1.807, 2.05) is 36.2 Å². The highest BCUT2D eigenvalue weighted by Gasteiger charge is 2.14. The van der Waals surface area contributed by atoms with Crippen molar-refractivity contribution in [1.82, 2.24) is 0 Å². The van der Waals surface area contributed by atoms with Crippen molar-refractivity contribution >= 4 is 44.5 Å². The van der Waals surface area contributed by atoms with E-state index in [-0.39, 0.29) is 5.82 Å². The van der Waals surface area contributed by atoms with Crippen LogP contribution < -0.4 is 10.6 Å². The lowest BCUT2D eigenvalue weighted by atomic mass is 10.1. The normalized spacial score (nSPS) is 10.3. The largest absolute Gasteiger partial charge is 0.389 e. The number of anilines is 2. The van der Waals surface area contributed by atoms with Gasteiger partial charge in [-0.3, -0.25) is 0 Å². The SMILES string of the molecule is CN(c1cccc(F)c1)c1cccc(Br)c1C(N)=S. The fourth-order valence-electron chi connectivity index (χ4n) is 1.86. The zero-order chi connectivity index (χ0) is 14.0. The van der Waals surface area contributed by atoms with Gasteiger partial charge in [0.25, 0.3) is 0 Å². The van der Waals surface area contributed by atoms with E-state index in [1.54, 1.807) is 6.07 Å². The van der Waals surface area contributed by atoms with Crippen molar-refractivity contribution in [3.05, 3.63) is 58.3 Å². The van der Waals surface area contributed by atoms with Crippen LogP contribution in [0.2, 0.25) is 0 Å². The molecule has 0 spiro atoms. The van der Waals surface area contributed by atoms with Crippen LogP contribution in [0, 0.1) is 5.82 Å². The van der Waals surface area contributed by atoms with Gasteiger partial charge in [-0.1, -0.05) is 24.4 Å². The fraction of sp³-hybridized carbons (Fsp3) is 0.0714. The van der Waals surface area contributed by atoms with E-state index in [0.29, 0.717) is 4.99 Å². The Kier molecular flexibility index (Phi) is 4.17. The number of hydrogen-bond donors (Lipinski definition) is 1. The number of rotatable bonds is 3. The summed E-state index contributed by atoms with van der Waals surface area (Å²) < 4.78 is 14.1. The van der Waals surface area contributed by atoms with Gasteiger partial charge in [-0.25, -0.2) is 4.39 Å². The first-order valence-electron chi connectivity index (χ1n) is 5.58. The van der Waals surface area contributed by atoms with Crippen molar-refractivity contribution in [2.45, 2.75) is 0 Å². The predicted octanol–water partition coefficient (Wildman–Crippen LogP) is 3.99. The summed E-state index contributed by atoms with van der Waals surface area (Å²) in [5, 5.41) is 0. The van der Waals surface area contributed by atoms with E-state index >= 15 is 0 Å².